The molecule has 0 fully saturated rings. The van der Waals surface area contributed by atoms with Gasteiger partial charge in [0.2, 0.25) is 5.91 Å². The van der Waals surface area contributed by atoms with E-state index in [1.165, 1.54) is 11.3 Å². The lowest BCUT2D eigenvalue weighted by atomic mass is 10.2. The Morgan fingerprint density at radius 1 is 1.24 bits per heavy atom. The predicted octanol–water partition coefficient (Wildman–Crippen LogP) is 2.24. The van der Waals surface area contributed by atoms with Gasteiger partial charge < -0.3 is 10.6 Å². The Labute approximate surface area is 134 Å². The van der Waals surface area contributed by atoms with Crippen LogP contribution in [-0.2, 0) is 11.3 Å². The van der Waals surface area contributed by atoms with Gasteiger partial charge in [-0.15, -0.1) is 22.6 Å². The number of amides is 1. The number of nitrogens with zero attached hydrogens (tertiary/aromatic N) is 2. The van der Waals surface area contributed by atoms with Gasteiger partial charge in [0.25, 0.3) is 0 Å². The number of rotatable bonds is 7. The van der Waals surface area contributed by atoms with Gasteiger partial charge in [-0.05, 0) is 20.0 Å². The molecule has 0 unspecified atom stereocenters. The Morgan fingerprint density at radius 2 is 2.00 bits per heavy atom. The van der Waals surface area contributed by atoms with E-state index in [1.807, 2.05) is 37.4 Å². The van der Waals surface area contributed by atoms with Crippen LogP contribution in [0.5, 0.6) is 0 Å². The summed E-state index contributed by atoms with van der Waals surface area (Å²) < 4.78 is 0. The molecule has 7 heteroatoms. The average molecular weight is 327 g/mol. The number of benzene rings is 1. The van der Waals surface area contributed by atoms with Gasteiger partial charge in [-0.2, -0.15) is 0 Å². The zero-order valence-electron chi connectivity index (χ0n) is 11.8. The SMILES string of the molecule is CNCCCC(=O)NCc1nnc(-c2ccccc2)s1.Cl. The lowest BCUT2D eigenvalue weighted by Gasteiger charge is -2.02. The Morgan fingerprint density at radius 3 is 2.71 bits per heavy atom. The maximum absolute atomic E-state index is 11.6. The highest BCUT2D eigenvalue weighted by atomic mass is 35.5. The molecule has 2 aromatic rings. The van der Waals surface area contributed by atoms with E-state index in [4.69, 9.17) is 0 Å². The first kappa shape index (κ1) is 17.6. The second-order valence-electron chi connectivity index (χ2n) is 4.35. The van der Waals surface area contributed by atoms with Crippen molar-refractivity contribution in [3.63, 3.8) is 0 Å². The van der Waals surface area contributed by atoms with E-state index in [-0.39, 0.29) is 18.3 Å². The maximum Gasteiger partial charge on any atom is 0.220 e. The van der Waals surface area contributed by atoms with Crippen molar-refractivity contribution in [1.82, 2.24) is 20.8 Å². The van der Waals surface area contributed by atoms with Gasteiger partial charge in [0.15, 0.2) is 0 Å². The van der Waals surface area contributed by atoms with E-state index in [2.05, 4.69) is 20.8 Å². The first-order valence-corrected chi connectivity index (χ1v) is 7.40. The molecule has 0 radical (unpaired) electrons. The van der Waals surface area contributed by atoms with Crippen LogP contribution >= 0.6 is 23.7 Å². The van der Waals surface area contributed by atoms with Crippen molar-refractivity contribution < 1.29 is 4.79 Å². The molecule has 114 valence electrons. The Hall–Kier alpha value is -1.50. The van der Waals surface area contributed by atoms with Gasteiger partial charge in [0.05, 0.1) is 6.54 Å². The van der Waals surface area contributed by atoms with Crippen LogP contribution in [0.1, 0.15) is 17.8 Å². The van der Waals surface area contributed by atoms with Crippen molar-refractivity contribution >= 4 is 29.7 Å². The molecule has 0 bridgehead atoms. The van der Waals surface area contributed by atoms with E-state index in [0.29, 0.717) is 13.0 Å². The molecule has 0 aliphatic rings. The average Bonchev–Trinajstić information content (AvgIpc) is 2.95. The van der Waals surface area contributed by atoms with Crippen LogP contribution in [0.2, 0.25) is 0 Å². The third-order valence-corrected chi connectivity index (χ3v) is 3.73. The molecule has 0 aliphatic heterocycles. The summed E-state index contributed by atoms with van der Waals surface area (Å²) in [6.07, 6.45) is 1.37. The molecule has 2 N–H and O–H groups in total. The molecule has 5 nitrogen and oxygen atoms in total. The van der Waals surface area contributed by atoms with Crippen molar-refractivity contribution in [3.8, 4) is 10.6 Å². The number of carbonyl (C=O) groups excluding carboxylic acids is 1. The molecule has 0 saturated carbocycles. The second kappa shape index (κ2) is 9.44. The minimum atomic E-state index is 0. The van der Waals surface area contributed by atoms with Gasteiger partial charge in [-0.1, -0.05) is 41.7 Å². The zero-order chi connectivity index (χ0) is 14.2. The summed E-state index contributed by atoms with van der Waals surface area (Å²) in [5, 5.41) is 15.8. The normalized spacial score (nSPS) is 9.95. The molecular formula is C14H19ClN4OS. The molecule has 1 aromatic heterocycles. The Balaban J connectivity index is 0.00000220. The lowest BCUT2D eigenvalue weighted by molar-refractivity contribution is -0.121. The van der Waals surface area contributed by atoms with Gasteiger partial charge in [0, 0.05) is 12.0 Å². The summed E-state index contributed by atoms with van der Waals surface area (Å²) >= 11 is 1.51. The molecule has 0 saturated heterocycles. The van der Waals surface area contributed by atoms with E-state index in [9.17, 15) is 4.79 Å². The topological polar surface area (TPSA) is 66.9 Å². The summed E-state index contributed by atoms with van der Waals surface area (Å²) in [5.41, 5.74) is 1.05. The molecular weight excluding hydrogens is 308 g/mol. The Kier molecular flexibility index (Phi) is 7.89. The molecule has 21 heavy (non-hydrogen) atoms. The first-order valence-electron chi connectivity index (χ1n) is 6.58. The van der Waals surface area contributed by atoms with Crippen LogP contribution in [0.4, 0.5) is 0 Å². The molecule has 0 aliphatic carbocycles. The number of hydrogen-bond donors (Lipinski definition) is 2. The lowest BCUT2D eigenvalue weighted by Crippen LogP contribution is -2.23. The second-order valence-corrected chi connectivity index (χ2v) is 5.41. The maximum atomic E-state index is 11.6. The van der Waals surface area contributed by atoms with E-state index >= 15 is 0 Å². The number of hydrogen-bond acceptors (Lipinski definition) is 5. The number of aromatic nitrogens is 2. The van der Waals surface area contributed by atoms with Crippen molar-refractivity contribution in [1.29, 1.82) is 0 Å². The van der Waals surface area contributed by atoms with Gasteiger partial charge in [-0.25, -0.2) is 0 Å². The summed E-state index contributed by atoms with van der Waals surface area (Å²) in [6.45, 7) is 1.30. The minimum absolute atomic E-state index is 0. The van der Waals surface area contributed by atoms with Gasteiger partial charge in [0.1, 0.15) is 10.0 Å². The third kappa shape index (κ3) is 5.79. The Bertz CT molecular complexity index is 547. The summed E-state index contributed by atoms with van der Waals surface area (Å²) in [6, 6.07) is 9.91. The summed E-state index contributed by atoms with van der Waals surface area (Å²) in [5.74, 6) is 0.0525. The number of halogens is 1. The van der Waals surface area contributed by atoms with Crippen molar-refractivity contribution in [2.45, 2.75) is 19.4 Å². The fourth-order valence-corrected chi connectivity index (χ4v) is 2.50. The van der Waals surface area contributed by atoms with Crippen LogP contribution in [-0.4, -0.2) is 29.7 Å². The molecule has 0 atom stereocenters. The van der Waals surface area contributed by atoms with Gasteiger partial charge in [-0.3, -0.25) is 4.79 Å². The van der Waals surface area contributed by atoms with Crippen molar-refractivity contribution in [2.24, 2.45) is 0 Å². The molecule has 1 heterocycles. The zero-order valence-corrected chi connectivity index (χ0v) is 13.5. The smallest absolute Gasteiger partial charge is 0.220 e. The fraction of sp³-hybridized carbons (Fsp3) is 0.357. The molecule has 1 aromatic carbocycles. The highest BCUT2D eigenvalue weighted by Gasteiger charge is 2.07. The standard InChI is InChI=1S/C14H18N4OS.ClH/c1-15-9-5-8-12(19)16-10-13-17-18-14(20-13)11-6-3-2-4-7-11;/h2-4,6-7,15H,5,8-10H2,1H3,(H,16,19);1H. The van der Waals surface area contributed by atoms with Crippen molar-refractivity contribution in [3.05, 3.63) is 35.3 Å². The van der Waals surface area contributed by atoms with Crippen molar-refractivity contribution in [2.75, 3.05) is 13.6 Å². The molecule has 2 rings (SSSR count). The van der Waals surface area contributed by atoms with Crippen LogP contribution in [0.3, 0.4) is 0 Å². The highest BCUT2D eigenvalue weighted by Crippen LogP contribution is 2.22. The van der Waals surface area contributed by atoms with Crippen LogP contribution in [0.15, 0.2) is 30.3 Å². The molecule has 0 spiro atoms. The largest absolute Gasteiger partial charge is 0.350 e. The number of nitrogens with one attached hydrogen (secondary N) is 2. The first-order chi connectivity index (χ1) is 9.79. The highest BCUT2D eigenvalue weighted by molar-refractivity contribution is 7.14. The number of carbonyl (C=O) groups is 1. The van der Waals surface area contributed by atoms with E-state index in [1.54, 1.807) is 0 Å². The van der Waals surface area contributed by atoms with E-state index in [0.717, 1.165) is 28.5 Å². The van der Waals surface area contributed by atoms with Gasteiger partial charge >= 0.3 is 0 Å². The fourth-order valence-electron chi connectivity index (χ4n) is 1.71. The predicted molar refractivity (Wildman–Crippen MR) is 87.6 cm³/mol. The van der Waals surface area contributed by atoms with Crippen LogP contribution in [0, 0.1) is 0 Å². The van der Waals surface area contributed by atoms with Crippen LogP contribution in [0.25, 0.3) is 10.6 Å². The van der Waals surface area contributed by atoms with Crippen LogP contribution < -0.4 is 10.6 Å². The third-order valence-electron chi connectivity index (χ3n) is 2.75. The quantitative estimate of drug-likeness (QED) is 0.766. The van der Waals surface area contributed by atoms with E-state index < -0.39 is 0 Å². The minimum Gasteiger partial charge on any atom is -0.350 e. The monoisotopic (exact) mass is 326 g/mol. The molecule has 1 amide bonds. The summed E-state index contributed by atoms with van der Waals surface area (Å²) in [7, 11) is 1.88. The summed E-state index contributed by atoms with van der Waals surface area (Å²) in [4.78, 5) is 11.6.